The van der Waals surface area contributed by atoms with E-state index in [-0.39, 0.29) is 11.8 Å². The largest absolute Gasteiger partial charge is 0.382 e. The normalized spacial score (nSPS) is 20.6. The lowest BCUT2D eigenvalue weighted by Crippen LogP contribution is -2.53. The number of halogens is 1. The second-order valence-corrected chi connectivity index (χ2v) is 8.11. The molecule has 0 bridgehead atoms. The maximum absolute atomic E-state index is 12.7. The minimum Gasteiger partial charge on any atom is -0.382 e. The van der Waals surface area contributed by atoms with E-state index in [0.717, 1.165) is 17.0 Å². The molecule has 1 fully saturated rings. The van der Waals surface area contributed by atoms with Crippen LogP contribution in [0.3, 0.4) is 0 Å². The maximum atomic E-state index is 12.7. The van der Waals surface area contributed by atoms with Gasteiger partial charge < -0.3 is 15.1 Å². The van der Waals surface area contributed by atoms with Gasteiger partial charge in [-0.2, -0.15) is 0 Å². The van der Waals surface area contributed by atoms with Gasteiger partial charge in [-0.1, -0.05) is 23.7 Å². The van der Waals surface area contributed by atoms with E-state index in [4.69, 9.17) is 16.4 Å². The fourth-order valence-corrected chi connectivity index (χ4v) is 4.01. The van der Waals surface area contributed by atoms with Crippen molar-refractivity contribution >= 4 is 40.5 Å². The lowest BCUT2D eigenvalue weighted by Gasteiger charge is -2.35. The molecule has 1 N–H and O–H groups in total. The minimum atomic E-state index is -0.565. The van der Waals surface area contributed by atoms with Crippen molar-refractivity contribution in [1.29, 1.82) is 0 Å². The van der Waals surface area contributed by atoms with Crippen molar-refractivity contribution in [3.63, 3.8) is 0 Å². The van der Waals surface area contributed by atoms with E-state index in [1.54, 1.807) is 4.90 Å². The Kier molecular flexibility index (Phi) is 6.50. The van der Waals surface area contributed by atoms with Crippen LogP contribution in [0.15, 0.2) is 17.3 Å². The number of thiophene rings is 1. The highest BCUT2D eigenvalue weighted by Crippen LogP contribution is 2.27. The monoisotopic (exact) mass is 398 g/mol. The SMILES string of the molecule is CCCNC(=O)CN1CCN(C(=O)C2CC(c3ccc(Cl)s3)=NO2)CC1. The van der Waals surface area contributed by atoms with Gasteiger partial charge in [-0.25, -0.2) is 0 Å². The summed E-state index contributed by atoms with van der Waals surface area (Å²) < 4.78 is 0.691. The van der Waals surface area contributed by atoms with Crippen LogP contribution in [-0.4, -0.2) is 72.7 Å². The zero-order valence-corrected chi connectivity index (χ0v) is 16.3. The average Bonchev–Trinajstić information content (AvgIpc) is 3.29. The van der Waals surface area contributed by atoms with E-state index in [1.807, 2.05) is 19.1 Å². The molecule has 26 heavy (non-hydrogen) atoms. The molecule has 0 spiro atoms. The fraction of sp³-hybridized carbons (Fsp3) is 0.588. The number of carbonyl (C=O) groups excluding carboxylic acids is 2. The molecule has 1 saturated heterocycles. The minimum absolute atomic E-state index is 0.0402. The number of piperazine rings is 1. The number of oxime groups is 1. The van der Waals surface area contributed by atoms with Crippen LogP contribution >= 0.6 is 22.9 Å². The first kappa shape index (κ1) is 19.1. The van der Waals surface area contributed by atoms with Crippen molar-refractivity contribution in [2.24, 2.45) is 5.16 Å². The van der Waals surface area contributed by atoms with Gasteiger partial charge in [-0.3, -0.25) is 14.5 Å². The Morgan fingerprint density at radius 2 is 2.12 bits per heavy atom. The second-order valence-electron chi connectivity index (χ2n) is 6.39. The smallest absolute Gasteiger partial charge is 0.266 e. The summed E-state index contributed by atoms with van der Waals surface area (Å²) in [4.78, 5) is 34.6. The predicted octanol–water partition coefficient (Wildman–Crippen LogP) is 1.56. The summed E-state index contributed by atoms with van der Waals surface area (Å²) >= 11 is 7.38. The Bertz CT molecular complexity index is 685. The number of nitrogens with one attached hydrogen (secondary N) is 1. The summed E-state index contributed by atoms with van der Waals surface area (Å²) in [5.41, 5.74) is 0.770. The molecule has 0 radical (unpaired) electrons. The Labute approximate surface area is 161 Å². The molecule has 2 aliphatic heterocycles. The van der Waals surface area contributed by atoms with Crippen molar-refractivity contribution in [2.45, 2.75) is 25.9 Å². The second kappa shape index (κ2) is 8.83. The zero-order valence-electron chi connectivity index (χ0n) is 14.7. The van der Waals surface area contributed by atoms with E-state index in [1.165, 1.54) is 11.3 Å². The van der Waals surface area contributed by atoms with Crippen LogP contribution in [0, 0.1) is 0 Å². The first-order valence-corrected chi connectivity index (χ1v) is 10.0. The third kappa shape index (κ3) is 4.75. The van der Waals surface area contributed by atoms with Crippen LogP contribution in [0.4, 0.5) is 0 Å². The van der Waals surface area contributed by atoms with Gasteiger partial charge in [-0.05, 0) is 18.6 Å². The highest BCUT2D eigenvalue weighted by molar-refractivity contribution is 7.18. The quantitative estimate of drug-likeness (QED) is 0.789. The summed E-state index contributed by atoms with van der Waals surface area (Å²) in [5.74, 6) is -0.000101. The van der Waals surface area contributed by atoms with Crippen LogP contribution < -0.4 is 5.32 Å². The topological polar surface area (TPSA) is 74.2 Å². The van der Waals surface area contributed by atoms with Crippen molar-refractivity contribution < 1.29 is 14.4 Å². The number of nitrogens with zero attached hydrogens (tertiary/aromatic N) is 3. The summed E-state index contributed by atoms with van der Waals surface area (Å²) in [5, 5.41) is 6.93. The standard InChI is InChI=1S/C17H23ClN4O3S/c1-2-5-19-16(23)11-21-6-8-22(9-7-21)17(24)13-10-12(20-25-13)14-3-4-15(18)26-14/h3-4,13H,2,5-11H2,1H3,(H,19,23). The lowest BCUT2D eigenvalue weighted by molar-refractivity contribution is -0.144. The Balaban J connectivity index is 1.44. The molecule has 3 rings (SSSR count). The Morgan fingerprint density at radius 1 is 1.35 bits per heavy atom. The number of hydrogen-bond acceptors (Lipinski definition) is 6. The molecule has 0 saturated carbocycles. The van der Waals surface area contributed by atoms with Crippen LogP contribution in [0.5, 0.6) is 0 Å². The van der Waals surface area contributed by atoms with Gasteiger partial charge in [0.25, 0.3) is 5.91 Å². The third-order valence-electron chi connectivity index (χ3n) is 4.43. The molecule has 2 aliphatic rings. The molecular formula is C17H23ClN4O3S. The number of carbonyl (C=O) groups is 2. The van der Waals surface area contributed by atoms with Gasteiger partial charge in [0, 0.05) is 39.1 Å². The highest BCUT2D eigenvalue weighted by atomic mass is 35.5. The van der Waals surface area contributed by atoms with Gasteiger partial charge in [0.2, 0.25) is 12.0 Å². The van der Waals surface area contributed by atoms with E-state index in [2.05, 4.69) is 15.4 Å². The Morgan fingerprint density at radius 3 is 2.77 bits per heavy atom. The predicted molar refractivity (Wildman–Crippen MR) is 102 cm³/mol. The highest BCUT2D eigenvalue weighted by Gasteiger charge is 2.34. The number of amides is 2. The van der Waals surface area contributed by atoms with E-state index in [0.29, 0.717) is 50.0 Å². The summed E-state index contributed by atoms with van der Waals surface area (Å²) in [6.45, 7) is 5.68. The fourth-order valence-electron chi connectivity index (χ4n) is 2.98. The molecule has 7 nitrogen and oxygen atoms in total. The molecule has 1 atom stereocenters. The molecule has 0 aliphatic carbocycles. The molecule has 142 valence electrons. The van der Waals surface area contributed by atoms with Gasteiger partial charge in [0.05, 0.1) is 15.8 Å². The molecule has 3 heterocycles. The number of rotatable bonds is 6. The van der Waals surface area contributed by atoms with E-state index < -0.39 is 6.10 Å². The molecule has 9 heteroatoms. The van der Waals surface area contributed by atoms with Crippen LogP contribution in [0.1, 0.15) is 24.6 Å². The van der Waals surface area contributed by atoms with Gasteiger partial charge >= 0.3 is 0 Å². The Hall–Kier alpha value is -1.64. The van der Waals surface area contributed by atoms with Crippen molar-refractivity contribution in [3.8, 4) is 0 Å². The zero-order chi connectivity index (χ0) is 18.5. The lowest BCUT2D eigenvalue weighted by atomic mass is 10.1. The third-order valence-corrected chi connectivity index (χ3v) is 5.71. The van der Waals surface area contributed by atoms with E-state index in [9.17, 15) is 9.59 Å². The van der Waals surface area contributed by atoms with Crippen LogP contribution in [0.25, 0.3) is 0 Å². The van der Waals surface area contributed by atoms with Crippen molar-refractivity contribution in [3.05, 3.63) is 21.3 Å². The molecular weight excluding hydrogens is 376 g/mol. The maximum Gasteiger partial charge on any atom is 0.266 e. The van der Waals surface area contributed by atoms with Gasteiger partial charge in [0.15, 0.2) is 0 Å². The summed E-state index contributed by atoms with van der Waals surface area (Å²) in [7, 11) is 0. The number of hydrogen-bond donors (Lipinski definition) is 1. The average molecular weight is 399 g/mol. The van der Waals surface area contributed by atoms with Gasteiger partial charge in [0.1, 0.15) is 5.71 Å². The van der Waals surface area contributed by atoms with Crippen molar-refractivity contribution in [2.75, 3.05) is 39.3 Å². The molecule has 0 aromatic carbocycles. The van der Waals surface area contributed by atoms with Gasteiger partial charge in [-0.15, -0.1) is 11.3 Å². The first-order valence-electron chi connectivity index (χ1n) is 8.83. The van der Waals surface area contributed by atoms with Crippen molar-refractivity contribution in [1.82, 2.24) is 15.1 Å². The molecule has 1 aromatic heterocycles. The molecule has 2 amide bonds. The molecule has 1 unspecified atom stereocenters. The van der Waals surface area contributed by atoms with E-state index >= 15 is 0 Å². The van der Waals surface area contributed by atoms with Crippen LogP contribution in [0.2, 0.25) is 4.34 Å². The van der Waals surface area contributed by atoms with Crippen LogP contribution in [-0.2, 0) is 14.4 Å². The first-order chi connectivity index (χ1) is 12.6. The summed E-state index contributed by atoms with van der Waals surface area (Å²) in [6.07, 6.45) is 0.831. The summed E-state index contributed by atoms with van der Waals surface area (Å²) in [6, 6.07) is 3.71. The molecule has 1 aromatic rings.